The monoisotopic (exact) mass is 562 g/mol. The SMILES string of the molecule is COC(=O)c1sc(-c2ccc(C#Cc3cscn3)cc2)cc1N(CC1CCOCC1)C(=O)C1CCC(C)CC1. The second kappa shape index (κ2) is 12.9. The molecular formula is C31H34N2O4S2. The van der Waals surface area contributed by atoms with Crippen LogP contribution in [0.15, 0.2) is 41.2 Å². The van der Waals surface area contributed by atoms with Crippen molar-refractivity contribution in [3.05, 3.63) is 57.4 Å². The van der Waals surface area contributed by atoms with E-state index >= 15 is 0 Å². The summed E-state index contributed by atoms with van der Waals surface area (Å²) in [5, 5.41) is 1.92. The average molecular weight is 563 g/mol. The number of benzene rings is 1. The Labute approximate surface area is 238 Å². The Balaban J connectivity index is 1.46. The molecule has 204 valence electrons. The van der Waals surface area contributed by atoms with E-state index in [4.69, 9.17) is 9.47 Å². The fourth-order valence-corrected chi connectivity index (χ4v) is 6.88. The van der Waals surface area contributed by atoms with Crippen LogP contribution in [-0.2, 0) is 14.3 Å². The minimum absolute atomic E-state index is 0.00883. The molecule has 0 atom stereocenters. The number of aromatic nitrogens is 1. The summed E-state index contributed by atoms with van der Waals surface area (Å²) < 4.78 is 10.8. The Kier molecular flexibility index (Phi) is 9.13. The highest BCUT2D eigenvalue weighted by Gasteiger charge is 2.34. The number of esters is 1. The van der Waals surface area contributed by atoms with Crippen LogP contribution in [-0.4, -0.2) is 43.7 Å². The summed E-state index contributed by atoms with van der Waals surface area (Å²) in [4.78, 5) is 34.5. The minimum atomic E-state index is -0.408. The smallest absolute Gasteiger partial charge is 0.350 e. The molecule has 1 amide bonds. The molecule has 1 saturated carbocycles. The molecule has 0 unspecified atom stereocenters. The molecule has 8 heteroatoms. The molecule has 3 heterocycles. The van der Waals surface area contributed by atoms with Gasteiger partial charge in [0, 0.05) is 41.5 Å². The van der Waals surface area contributed by atoms with Crippen LogP contribution in [0.25, 0.3) is 10.4 Å². The summed E-state index contributed by atoms with van der Waals surface area (Å²) in [5.74, 6) is 6.94. The lowest BCUT2D eigenvalue weighted by Gasteiger charge is -2.34. The lowest BCUT2D eigenvalue weighted by molar-refractivity contribution is -0.123. The van der Waals surface area contributed by atoms with E-state index in [2.05, 4.69) is 23.7 Å². The third-order valence-corrected chi connectivity index (χ3v) is 9.46. The van der Waals surface area contributed by atoms with Gasteiger partial charge in [0.2, 0.25) is 5.91 Å². The Morgan fingerprint density at radius 1 is 1.08 bits per heavy atom. The summed E-state index contributed by atoms with van der Waals surface area (Å²) in [5.41, 5.74) is 5.06. The molecule has 6 nitrogen and oxygen atoms in total. The molecule has 2 aliphatic rings. The van der Waals surface area contributed by atoms with Crippen molar-refractivity contribution in [1.29, 1.82) is 0 Å². The second-order valence-electron chi connectivity index (χ2n) is 10.5. The van der Waals surface area contributed by atoms with E-state index in [1.54, 1.807) is 5.51 Å². The number of rotatable bonds is 6. The zero-order valence-electron chi connectivity index (χ0n) is 22.5. The highest BCUT2D eigenvalue weighted by Crippen LogP contribution is 2.40. The maximum atomic E-state index is 14.0. The molecule has 39 heavy (non-hydrogen) atoms. The maximum Gasteiger partial charge on any atom is 0.350 e. The van der Waals surface area contributed by atoms with Crippen molar-refractivity contribution >= 4 is 40.2 Å². The molecule has 1 saturated heterocycles. The van der Waals surface area contributed by atoms with Gasteiger partial charge in [0.05, 0.1) is 18.3 Å². The van der Waals surface area contributed by atoms with Crippen LogP contribution < -0.4 is 4.90 Å². The fraction of sp³-hybridized carbons (Fsp3) is 0.452. The lowest BCUT2D eigenvalue weighted by Crippen LogP contribution is -2.42. The Bertz CT molecular complexity index is 1320. The topological polar surface area (TPSA) is 68.7 Å². The summed E-state index contributed by atoms with van der Waals surface area (Å²) >= 11 is 2.90. The molecule has 0 N–H and O–H groups in total. The first-order chi connectivity index (χ1) is 19.0. The second-order valence-corrected chi connectivity index (χ2v) is 12.2. The lowest BCUT2D eigenvalue weighted by atomic mass is 9.82. The van der Waals surface area contributed by atoms with Crippen LogP contribution in [0.3, 0.4) is 0 Å². The molecule has 3 aromatic rings. The molecule has 0 radical (unpaired) electrons. The number of hydrogen-bond acceptors (Lipinski definition) is 7. The number of anilines is 1. The number of nitrogens with zero attached hydrogens (tertiary/aromatic N) is 2. The van der Waals surface area contributed by atoms with E-state index in [9.17, 15) is 9.59 Å². The Morgan fingerprint density at radius 2 is 1.82 bits per heavy atom. The number of carbonyl (C=O) groups is 2. The molecular weight excluding hydrogens is 528 g/mol. The molecule has 5 rings (SSSR count). The van der Waals surface area contributed by atoms with Crippen LogP contribution in [0.1, 0.15) is 66.4 Å². The van der Waals surface area contributed by atoms with Crippen molar-refractivity contribution in [3.63, 3.8) is 0 Å². The third kappa shape index (κ3) is 6.78. The Hall–Kier alpha value is -2.99. The van der Waals surface area contributed by atoms with Gasteiger partial charge in [0.25, 0.3) is 0 Å². The molecule has 1 aliphatic carbocycles. The highest BCUT2D eigenvalue weighted by atomic mass is 32.1. The van der Waals surface area contributed by atoms with E-state index in [0.29, 0.717) is 42.2 Å². The zero-order valence-corrected chi connectivity index (χ0v) is 24.1. The van der Waals surface area contributed by atoms with Gasteiger partial charge < -0.3 is 14.4 Å². The summed E-state index contributed by atoms with van der Waals surface area (Å²) in [6, 6.07) is 9.96. The quantitative estimate of drug-likeness (QED) is 0.249. The van der Waals surface area contributed by atoms with Crippen molar-refractivity contribution in [2.24, 2.45) is 17.8 Å². The van der Waals surface area contributed by atoms with E-state index in [0.717, 1.165) is 60.2 Å². The predicted octanol–water partition coefficient (Wildman–Crippen LogP) is 6.64. The first-order valence-electron chi connectivity index (χ1n) is 13.6. The van der Waals surface area contributed by atoms with Crippen molar-refractivity contribution < 1.29 is 19.1 Å². The van der Waals surface area contributed by atoms with Gasteiger partial charge in [-0.2, -0.15) is 0 Å². The van der Waals surface area contributed by atoms with Gasteiger partial charge in [-0.15, -0.1) is 22.7 Å². The number of amides is 1. The molecule has 2 fully saturated rings. The van der Waals surface area contributed by atoms with E-state index in [1.807, 2.05) is 40.6 Å². The van der Waals surface area contributed by atoms with Crippen LogP contribution in [0.2, 0.25) is 0 Å². The number of thiazole rings is 1. The first kappa shape index (κ1) is 27.6. The van der Waals surface area contributed by atoms with Crippen molar-refractivity contribution in [2.45, 2.75) is 45.4 Å². The van der Waals surface area contributed by atoms with Crippen LogP contribution in [0, 0.1) is 29.6 Å². The predicted molar refractivity (Wildman–Crippen MR) is 156 cm³/mol. The van der Waals surface area contributed by atoms with Crippen LogP contribution >= 0.6 is 22.7 Å². The molecule has 1 aliphatic heterocycles. The number of carbonyl (C=O) groups excluding carboxylic acids is 2. The molecule has 0 bridgehead atoms. The van der Waals surface area contributed by atoms with E-state index < -0.39 is 5.97 Å². The minimum Gasteiger partial charge on any atom is -0.465 e. The number of thiophene rings is 1. The van der Waals surface area contributed by atoms with Crippen molar-refractivity contribution in [1.82, 2.24) is 4.98 Å². The summed E-state index contributed by atoms with van der Waals surface area (Å²) in [6.45, 7) is 4.28. The third-order valence-electron chi connectivity index (χ3n) is 7.72. The zero-order chi connectivity index (χ0) is 27.2. The fourth-order valence-electron chi connectivity index (χ4n) is 5.31. The van der Waals surface area contributed by atoms with E-state index in [-0.39, 0.29) is 11.8 Å². The Morgan fingerprint density at radius 3 is 2.49 bits per heavy atom. The molecule has 2 aromatic heterocycles. The van der Waals surface area contributed by atoms with Crippen molar-refractivity contribution in [3.8, 4) is 22.3 Å². The largest absolute Gasteiger partial charge is 0.465 e. The average Bonchev–Trinajstić information content (AvgIpc) is 3.66. The maximum absolute atomic E-state index is 14.0. The first-order valence-corrected chi connectivity index (χ1v) is 15.4. The van der Waals surface area contributed by atoms with Gasteiger partial charge in [-0.25, -0.2) is 9.78 Å². The van der Waals surface area contributed by atoms with Crippen LogP contribution in [0.5, 0.6) is 0 Å². The molecule has 0 spiro atoms. The van der Waals surface area contributed by atoms with Gasteiger partial charge in [0.15, 0.2) is 0 Å². The standard InChI is InChI=1S/C31H34N2O4S2/c1-21-3-8-25(9-4-21)30(34)33(18-23-13-15-37-16-14-23)27-17-28(39-29(27)31(35)36-2)24-10-5-22(6-11-24)7-12-26-19-38-20-32-26/h5-6,10-11,17,19-21,23,25H,3-4,8-9,13-16,18H2,1-2H3. The number of methoxy groups -OCH3 is 1. The van der Waals surface area contributed by atoms with Crippen LogP contribution in [0.4, 0.5) is 5.69 Å². The number of hydrogen-bond donors (Lipinski definition) is 0. The number of ether oxygens (including phenoxy) is 2. The van der Waals surface area contributed by atoms with Gasteiger partial charge in [0.1, 0.15) is 10.6 Å². The van der Waals surface area contributed by atoms with E-state index in [1.165, 1.54) is 29.8 Å². The van der Waals surface area contributed by atoms with Gasteiger partial charge in [-0.05, 0) is 80.0 Å². The highest BCUT2D eigenvalue weighted by molar-refractivity contribution is 7.18. The van der Waals surface area contributed by atoms with Gasteiger partial charge in [-0.1, -0.05) is 25.0 Å². The van der Waals surface area contributed by atoms with Gasteiger partial charge >= 0.3 is 5.97 Å². The summed E-state index contributed by atoms with van der Waals surface area (Å²) in [7, 11) is 1.40. The van der Waals surface area contributed by atoms with Crippen molar-refractivity contribution in [2.75, 3.05) is 31.8 Å². The normalized spacial score (nSPS) is 19.6. The molecule has 1 aromatic carbocycles. The summed E-state index contributed by atoms with van der Waals surface area (Å²) in [6.07, 6.45) is 5.77. The van der Waals surface area contributed by atoms with Gasteiger partial charge in [-0.3, -0.25) is 4.79 Å².